The molecule has 0 heterocycles. The molecule has 3 aromatic carbocycles. The predicted molar refractivity (Wildman–Crippen MR) is 110 cm³/mol. The average molecular weight is 371 g/mol. The Hall–Kier alpha value is -3.71. The summed E-state index contributed by atoms with van der Waals surface area (Å²) in [6.07, 6.45) is 1.83. The zero-order valence-corrected chi connectivity index (χ0v) is 15.9. The minimum Gasteiger partial charge on any atom is -0.497 e. The van der Waals surface area contributed by atoms with Crippen LogP contribution in [0.3, 0.4) is 0 Å². The Bertz CT molecular complexity index is 964. The number of allylic oxidation sites excluding steroid dienone is 1. The third-order valence-corrected chi connectivity index (χ3v) is 4.22. The largest absolute Gasteiger partial charge is 0.497 e. The van der Waals surface area contributed by atoms with Crippen molar-refractivity contribution in [3.63, 3.8) is 0 Å². The van der Waals surface area contributed by atoms with Crippen molar-refractivity contribution >= 4 is 11.6 Å². The second-order valence-corrected chi connectivity index (χ2v) is 6.11. The van der Waals surface area contributed by atoms with Crippen LogP contribution in [0, 0.1) is 11.3 Å². The highest BCUT2D eigenvalue weighted by Crippen LogP contribution is 2.28. The fourth-order valence-electron chi connectivity index (χ4n) is 2.71. The molecule has 4 nitrogen and oxygen atoms in total. The monoisotopic (exact) mass is 371 g/mol. The quantitative estimate of drug-likeness (QED) is 0.415. The van der Waals surface area contributed by atoms with Gasteiger partial charge in [0, 0.05) is 6.07 Å². The number of methoxy groups -OCH3 is 2. The van der Waals surface area contributed by atoms with Crippen molar-refractivity contribution in [1.29, 1.82) is 5.26 Å². The van der Waals surface area contributed by atoms with Crippen LogP contribution in [0.5, 0.6) is 17.2 Å². The molecule has 0 atom stereocenters. The summed E-state index contributed by atoms with van der Waals surface area (Å²) >= 11 is 0. The van der Waals surface area contributed by atoms with E-state index >= 15 is 0 Å². The molecular weight excluding hydrogens is 350 g/mol. The number of ether oxygens (including phenoxy) is 3. The van der Waals surface area contributed by atoms with Gasteiger partial charge in [-0.3, -0.25) is 0 Å². The van der Waals surface area contributed by atoms with E-state index in [1.807, 2.05) is 72.8 Å². The summed E-state index contributed by atoms with van der Waals surface area (Å²) in [5, 5.41) is 9.61. The third kappa shape index (κ3) is 4.93. The summed E-state index contributed by atoms with van der Waals surface area (Å²) in [4.78, 5) is 0. The van der Waals surface area contributed by atoms with Crippen LogP contribution in [0.1, 0.15) is 16.7 Å². The van der Waals surface area contributed by atoms with E-state index in [0.29, 0.717) is 23.7 Å². The van der Waals surface area contributed by atoms with Crippen molar-refractivity contribution in [1.82, 2.24) is 0 Å². The lowest BCUT2D eigenvalue weighted by Crippen LogP contribution is -1.94. The molecule has 3 aromatic rings. The molecule has 3 rings (SSSR count). The van der Waals surface area contributed by atoms with Crippen LogP contribution in [-0.2, 0) is 6.61 Å². The fraction of sp³-hybridized carbons (Fsp3) is 0.125. The predicted octanol–water partition coefficient (Wildman–Crippen LogP) is 5.35. The summed E-state index contributed by atoms with van der Waals surface area (Å²) in [5.74, 6) is 2.06. The Balaban J connectivity index is 1.77. The van der Waals surface area contributed by atoms with Gasteiger partial charge in [0.25, 0.3) is 0 Å². The van der Waals surface area contributed by atoms with Crippen molar-refractivity contribution in [2.75, 3.05) is 14.2 Å². The Labute approximate surface area is 165 Å². The zero-order chi connectivity index (χ0) is 19.8. The Morgan fingerprint density at radius 3 is 2.07 bits per heavy atom. The number of nitrogens with zero attached hydrogens (tertiary/aromatic N) is 1. The molecule has 0 aliphatic heterocycles. The molecule has 0 saturated heterocycles. The summed E-state index contributed by atoms with van der Waals surface area (Å²) in [7, 11) is 3.17. The first-order valence-corrected chi connectivity index (χ1v) is 8.84. The van der Waals surface area contributed by atoms with E-state index in [4.69, 9.17) is 14.2 Å². The highest BCUT2D eigenvalue weighted by Gasteiger charge is 2.07. The Morgan fingerprint density at radius 1 is 0.857 bits per heavy atom. The lowest BCUT2D eigenvalue weighted by molar-refractivity contribution is 0.306. The minimum atomic E-state index is 0.517. The molecule has 0 amide bonds. The lowest BCUT2D eigenvalue weighted by Gasteiger charge is -2.08. The van der Waals surface area contributed by atoms with Gasteiger partial charge in [-0.05, 0) is 47.0 Å². The minimum absolute atomic E-state index is 0.517. The second-order valence-electron chi connectivity index (χ2n) is 6.11. The first kappa shape index (κ1) is 19.1. The van der Waals surface area contributed by atoms with E-state index in [9.17, 15) is 5.26 Å². The number of hydrogen-bond donors (Lipinski definition) is 0. The van der Waals surface area contributed by atoms with Crippen LogP contribution in [0.2, 0.25) is 0 Å². The molecule has 140 valence electrons. The molecule has 4 heteroatoms. The number of nitriles is 1. The van der Waals surface area contributed by atoms with Gasteiger partial charge in [0.2, 0.25) is 0 Å². The summed E-state index contributed by atoms with van der Waals surface area (Å²) in [6.45, 7) is 0.517. The topological polar surface area (TPSA) is 51.5 Å². The summed E-state index contributed by atoms with van der Waals surface area (Å²) < 4.78 is 16.4. The molecular formula is C24H21NO3. The van der Waals surface area contributed by atoms with Crippen molar-refractivity contribution in [2.24, 2.45) is 0 Å². The van der Waals surface area contributed by atoms with Gasteiger partial charge in [-0.25, -0.2) is 0 Å². The third-order valence-electron chi connectivity index (χ3n) is 4.22. The summed E-state index contributed by atoms with van der Waals surface area (Å²) in [5.41, 5.74) is 3.29. The van der Waals surface area contributed by atoms with Crippen LogP contribution in [0.25, 0.3) is 11.6 Å². The van der Waals surface area contributed by atoms with E-state index in [0.717, 1.165) is 22.4 Å². The number of benzene rings is 3. The van der Waals surface area contributed by atoms with Crippen LogP contribution in [0.15, 0.2) is 72.8 Å². The Morgan fingerprint density at radius 2 is 1.50 bits per heavy atom. The smallest absolute Gasteiger partial charge is 0.123 e. The maximum Gasteiger partial charge on any atom is 0.123 e. The van der Waals surface area contributed by atoms with Gasteiger partial charge in [-0.2, -0.15) is 5.26 Å². The van der Waals surface area contributed by atoms with Crippen molar-refractivity contribution < 1.29 is 14.2 Å². The zero-order valence-electron chi connectivity index (χ0n) is 15.9. The maximum absolute atomic E-state index is 9.61. The van der Waals surface area contributed by atoms with Crippen molar-refractivity contribution in [2.45, 2.75) is 6.61 Å². The van der Waals surface area contributed by atoms with Crippen LogP contribution < -0.4 is 14.2 Å². The molecule has 0 fully saturated rings. The SMILES string of the molecule is COc1cc(OC)cc(/C(C#N)=C/c2ccc(OCc3ccccc3)cc2)c1. The average Bonchev–Trinajstić information content (AvgIpc) is 2.77. The van der Waals surface area contributed by atoms with Crippen LogP contribution >= 0.6 is 0 Å². The molecule has 0 aliphatic carbocycles. The van der Waals surface area contributed by atoms with Gasteiger partial charge in [0.1, 0.15) is 23.9 Å². The first-order chi connectivity index (χ1) is 13.7. The van der Waals surface area contributed by atoms with Gasteiger partial charge in [0.15, 0.2) is 0 Å². The maximum atomic E-state index is 9.61. The summed E-state index contributed by atoms with van der Waals surface area (Å²) in [6, 6.07) is 25.3. The lowest BCUT2D eigenvalue weighted by atomic mass is 10.0. The first-order valence-electron chi connectivity index (χ1n) is 8.84. The molecule has 0 aromatic heterocycles. The molecule has 0 spiro atoms. The number of rotatable bonds is 7. The highest BCUT2D eigenvalue weighted by atomic mass is 16.5. The van der Waals surface area contributed by atoms with Crippen LogP contribution in [-0.4, -0.2) is 14.2 Å². The normalized spacial score (nSPS) is 10.8. The van der Waals surface area contributed by atoms with E-state index in [2.05, 4.69) is 6.07 Å². The van der Waals surface area contributed by atoms with E-state index in [1.165, 1.54) is 0 Å². The standard InChI is InChI=1S/C24H21NO3/c1-26-23-13-20(14-24(15-23)27-2)21(16-25)12-18-8-10-22(11-9-18)28-17-19-6-4-3-5-7-19/h3-15H,17H2,1-2H3/b21-12+. The molecule has 0 N–H and O–H groups in total. The van der Waals surface area contributed by atoms with Gasteiger partial charge < -0.3 is 14.2 Å². The van der Waals surface area contributed by atoms with Crippen LogP contribution in [0.4, 0.5) is 0 Å². The second kappa shape index (κ2) is 9.29. The van der Waals surface area contributed by atoms with Gasteiger partial charge in [-0.1, -0.05) is 42.5 Å². The van der Waals surface area contributed by atoms with Crippen molar-refractivity contribution in [3.8, 4) is 23.3 Å². The van der Waals surface area contributed by atoms with E-state index < -0.39 is 0 Å². The van der Waals surface area contributed by atoms with Gasteiger partial charge >= 0.3 is 0 Å². The Kier molecular flexibility index (Phi) is 6.33. The molecule has 0 saturated carbocycles. The fourth-order valence-corrected chi connectivity index (χ4v) is 2.71. The highest BCUT2D eigenvalue weighted by molar-refractivity contribution is 5.90. The molecule has 0 radical (unpaired) electrons. The molecule has 0 bridgehead atoms. The van der Waals surface area contributed by atoms with E-state index in [-0.39, 0.29) is 0 Å². The van der Waals surface area contributed by atoms with E-state index in [1.54, 1.807) is 20.3 Å². The number of hydrogen-bond acceptors (Lipinski definition) is 4. The van der Waals surface area contributed by atoms with Gasteiger partial charge in [0.05, 0.1) is 25.9 Å². The van der Waals surface area contributed by atoms with Crippen molar-refractivity contribution in [3.05, 3.63) is 89.5 Å². The molecule has 0 unspecified atom stereocenters. The van der Waals surface area contributed by atoms with Gasteiger partial charge in [-0.15, -0.1) is 0 Å². The molecule has 28 heavy (non-hydrogen) atoms. The molecule has 0 aliphatic rings.